The molecular weight excluding hydrogens is 657 g/mol. The Balaban J connectivity index is 1.23. The van der Waals surface area contributed by atoms with E-state index in [4.69, 9.17) is 15.0 Å². The fraction of sp³-hybridized carbons (Fsp3) is 0.0600. The third kappa shape index (κ3) is 4.47. The minimum atomic E-state index is -0.130. The number of hydrogen-bond acceptors (Lipinski definition) is 3. The van der Waals surface area contributed by atoms with E-state index >= 15 is 0 Å². The van der Waals surface area contributed by atoms with Gasteiger partial charge in [0.2, 0.25) is 5.95 Å². The lowest BCUT2D eigenvalue weighted by atomic mass is 9.80. The molecule has 0 bridgehead atoms. The van der Waals surface area contributed by atoms with Crippen molar-refractivity contribution in [3.8, 4) is 51.0 Å². The van der Waals surface area contributed by atoms with Crippen molar-refractivity contribution >= 4 is 43.4 Å². The van der Waals surface area contributed by atoms with Crippen molar-refractivity contribution in [3.63, 3.8) is 0 Å². The Bertz CT molecular complexity index is 3060. The average Bonchev–Trinajstić information content (AvgIpc) is 3.69. The Hall–Kier alpha value is -6.91. The third-order valence-corrected chi connectivity index (χ3v) is 11.4. The monoisotopic (exact) mass is 690 g/mol. The van der Waals surface area contributed by atoms with Gasteiger partial charge in [-0.15, -0.1) is 0 Å². The van der Waals surface area contributed by atoms with Crippen LogP contribution in [0.5, 0.6) is 0 Å². The van der Waals surface area contributed by atoms with Crippen LogP contribution in [0.3, 0.4) is 0 Å². The lowest BCUT2D eigenvalue weighted by Gasteiger charge is -2.23. The van der Waals surface area contributed by atoms with Crippen LogP contribution in [0.25, 0.3) is 94.3 Å². The van der Waals surface area contributed by atoms with Crippen LogP contribution in [0.15, 0.2) is 170 Å². The van der Waals surface area contributed by atoms with Crippen LogP contribution >= 0.6 is 0 Å². The molecule has 4 nitrogen and oxygen atoms in total. The summed E-state index contributed by atoms with van der Waals surface area (Å²) in [5, 5.41) is 7.28. The van der Waals surface area contributed by atoms with Crippen LogP contribution in [-0.2, 0) is 5.41 Å². The highest BCUT2D eigenvalue weighted by molar-refractivity contribution is 6.22. The van der Waals surface area contributed by atoms with Crippen LogP contribution in [0.4, 0.5) is 0 Å². The van der Waals surface area contributed by atoms with Gasteiger partial charge in [0, 0.05) is 27.3 Å². The van der Waals surface area contributed by atoms with Crippen molar-refractivity contribution in [2.24, 2.45) is 0 Å². The Morgan fingerprint density at radius 2 is 1.06 bits per heavy atom. The van der Waals surface area contributed by atoms with E-state index in [0.29, 0.717) is 17.6 Å². The first-order valence-corrected chi connectivity index (χ1v) is 18.5. The molecule has 10 aromatic rings. The van der Waals surface area contributed by atoms with Gasteiger partial charge in [-0.1, -0.05) is 166 Å². The quantitative estimate of drug-likeness (QED) is 0.185. The SMILES string of the molecule is CC1(C)c2ccccc2-c2c1cc(-c1ccc3c4c5ccccc5ccc4n(-c4nc(-c5ccccc5)nc(-c5ccccc5)n4)c3c1)c1ccccc21. The van der Waals surface area contributed by atoms with Gasteiger partial charge in [-0.05, 0) is 73.1 Å². The van der Waals surface area contributed by atoms with Gasteiger partial charge in [-0.2, -0.15) is 9.97 Å². The zero-order valence-corrected chi connectivity index (χ0v) is 30.0. The molecular formula is C50H34N4. The van der Waals surface area contributed by atoms with Crippen LogP contribution in [0, 0.1) is 0 Å². The summed E-state index contributed by atoms with van der Waals surface area (Å²) in [6, 6.07) is 60.7. The summed E-state index contributed by atoms with van der Waals surface area (Å²) in [7, 11) is 0. The van der Waals surface area contributed by atoms with Gasteiger partial charge < -0.3 is 0 Å². The Kier molecular flexibility index (Phi) is 6.56. The molecule has 0 spiro atoms. The molecule has 2 aromatic heterocycles. The molecule has 1 aliphatic rings. The van der Waals surface area contributed by atoms with Crippen molar-refractivity contribution in [1.29, 1.82) is 0 Å². The van der Waals surface area contributed by atoms with Crippen LogP contribution in [-0.4, -0.2) is 19.5 Å². The van der Waals surface area contributed by atoms with E-state index in [0.717, 1.165) is 33.1 Å². The summed E-state index contributed by atoms with van der Waals surface area (Å²) in [6.07, 6.45) is 0. The van der Waals surface area contributed by atoms with Crippen LogP contribution in [0.1, 0.15) is 25.0 Å². The molecule has 0 radical (unpaired) electrons. The summed E-state index contributed by atoms with van der Waals surface area (Å²) >= 11 is 0. The van der Waals surface area contributed by atoms with Gasteiger partial charge in [0.15, 0.2) is 11.6 Å². The molecule has 0 saturated carbocycles. The fourth-order valence-electron chi connectivity index (χ4n) is 8.86. The Morgan fingerprint density at radius 1 is 0.426 bits per heavy atom. The van der Waals surface area contributed by atoms with Gasteiger partial charge in [-0.25, -0.2) is 4.98 Å². The van der Waals surface area contributed by atoms with Crippen LogP contribution < -0.4 is 0 Å². The number of fused-ring (bicyclic) bond motifs is 10. The van der Waals surface area contributed by atoms with Crippen molar-refractivity contribution < 1.29 is 0 Å². The Morgan fingerprint density at radius 3 is 1.80 bits per heavy atom. The Labute approximate surface area is 313 Å². The number of hydrogen-bond donors (Lipinski definition) is 0. The summed E-state index contributed by atoms with van der Waals surface area (Å²) in [5.74, 6) is 1.86. The van der Waals surface area contributed by atoms with Crippen molar-refractivity contribution in [2.75, 3.05) is 0 Å². The molecule has 54 heavy (non-hydrogen) atoms. The molecule has 0 fully saturated rings. The van der Waals surface area contributed by atoms with E-state index in [9.17, 15) is 0 Å². The maximum Gasteiger partial charge on any atom is 0.238 e. The lowest BCUT2D eigenvalue weighted by Crippen LogP contribution is -2.15. The molecule has 11 rings (SSSR count). The van der Waals surface area contributed by atoms with Gasteiger partial charge >= 0.3 is 0 Å². The van der Waals surface area contributed by atoms with Gasteiger partial charge in [0.1, 0.15) is 0 Å². The van der Waals surface area contributed by atoms with E-state index in [1.54, 1.807) is 0 Å². The number of nitrogens with zero attached hydrogens (tertiary/aromatic N) is 4. The summed E-state index contributed by atoms with van der Waals surface area (Å²) < 4.78 is 2.25. The fourth-order valence-corrected chi connectivity index (χ4v) is 8.86. The maximum absolute atomic E-state index is 5.23. The molecule has 2 heterocycles. The molecule has 254 valence electrons. The third-order valence-electron chi connectivity index (χ3n) is 11.4. The van der Waals surface area contributed by atoms with Gasteiger partial charge in [0.25, 0.3) is 0 Å². The number of aromatic nitrogens is 4. The maximum atomic E-state index is 5.23. The second-order valence-electron chi connectivity index (χ2n) is 14.8. The average molecular weight is 691 g/mol. The predicted octanol–water partition coefficient (Wildman–Crippen LogP) is 12.6. The van der Waals surface area contributed by atoms with Gasteiger partial charge in [-0.3, -0.25) is 4.57 Å². The molecule has 0 unspecified atom stereocenters. The smallest absolute Gasteiger partial charge is 0.238 e. The molecule has 0 amide bonds. The van der Waals surface area contributed by atoms with Crippen LogP contribution in [0.2, 0.25) is 0 Å². The lowest BCUT2D eigenvalue weighted by molar-refractivity contribution is 0.661. The van der Waals surface area contributed by atoms with Gasteiger partial charge in [0.05, 0.1) is 11.0 Å². The molecule has 4 heteroatoms. The summed E-state index contributed by atoms with van der Waals surface area (Å²) in [6.45, 7) is 4.72. The first kappa shape index (κ1) is 30.7. The van der Waals surface area contributed by atoms with E-state index in [1.165, 1.54) is 54.7 Å². The minimum absolute atomic E-state index is 0.130. The first-order valence-electron chi connectivity index (χ1n) is 18.5. The highest BCUT2D eigenvalue weighted by Crippen LogP contribution is 2.53. The number of rotatable bonds is 4. The highest BCUT2D eigenvalue weighted by atomic mass is 15.2. The molecule has 8 aromatic carbocycles. The van der Waals surface area contributed by atoms with E-state index < -0.39 is 0 Å². The molecule has 0 aliphatic heterocycles. The zero-order chi connectivity index (χ0) is 36.0. The first-order chi connectivity index (χ1) is 26.5. The van der Waals surface area contributed by atoms with Crippen molar-refractivity contribution in [3.05, 3.63) is 181 Å². The van der Waals surface area contributed by atoms with Crippen molar-refractivity contribution in [2.45, 2.75) is 19.3 Å². The standard InChI is InChI=1S/C50H34N4/c1-50(2)41-24-14-13-23-38(41)45-37-22-12-11-21-36(37)40(30-42(45)50)34-25-27-39-44(29-34)54(43-28-26-31-15-9-10-20-35(31)46(39)43)49-52-47(32-16-5-3-6-17-32)51-48(53-49)33-18-7-4-8-19-33/h3-30H,1-2H3. The predicted molar refractivity (Wildman–Crippen MR) is 223 cm³/mol. The summed E-state index contributed by atoms with van der Waals surface area (Å²) in [4.78, 5) is 15.5. The minimum Gasteiger partial charge on any atom is -0.278 e. The van der Waals surface area contributed by atoms with E-state index in [1.807, 2.05) is 36.4 Å². The molecule has 0 atom stereocenters. The second kappa shape index (κ2) is 11.5. The molecule has 0 saturated heterocycles. The summed E-state index contributed by atoms with van der Waals surface area (Å²) in [5.41, 5.74) is 11.7. The number of benzene rings is 8. The topological polar surface area (TPSA) is 43.6 Å². The van der Waals surface area contributed by atoms with E-state index in [-0.39, 0.29) is 5.41 Å². The second-order valence-corrected chi connectivity index (χ2v) is 14.8. The zero-order valence-electron chi connectivity index (χ0n) is 30.0. The highest BCUT2D eigenvalue weighted by Gasteiger charge is 2.37. The van der Waals surface area contributed by atoms with E-state index in [2.05, 4.69) is 152 Å². The molecule has 1 aliphatic carbocycles. The molecule has 0 N–H and O–H groups in total. The normalized spacial score (nSPS) is 13.1. The van der Waals surface area contributed by atoms with Crippen molar-refractivity contribution in [1.82, 2.24) is 19.5 Å². The largest absolute Gasteiger partial charge is 0.278 e.